The molecule has 0 spiro atoms. The lowest BCUT2D eigenvalue weighted by Crippen LogP contribution is -2.46. The second kappa shape index (κ2) is 27.5. The third-order valence-electron chi connectivity index (χ3n) is 12.0. The highest BCUT2D eigenvalue weighted by atomic mass is 31.2. The predicted molar refractivity (Wildman–Crippen MR) is 243 cm³/mol. The number of hydrogen-bond acceptors (Lipinski definition) is 15. The maximum Gasteiger partial charge on any atom is 0.351 e. The molecule has 0 aromatic carbocycles. The number of nitrogens with one attached hydrogen (secondary N) is 1. The molecule has 2 aromatic heterocycles. The molecule has 20 heteroatoms. The van der Waals surface area contributed by atoms with Gasteiger partial charge in [-0.2, -0.15) is 4.98 Å². The number of aromatic amines is 1. The van der Waals surface area contributed by atoms with Crippen LogP contribution in [-0.2, 0) is 42.1 Å². The van der Waals surface area contributed by atoms with E-state index in [0.29, 0.717) is 6.42 Å². The number of unbranched alkanes of at least 4 members (excludes halogenated alkanes) is 14. The van der Waals surface area contributed by atoms with Crippen molar-refractivity contribution in [1.82, 2.24) is 24.0 Å². The Morgan fingerprint density at radius 3 is 1.91 bits per heavy atom. The van der Waals surface area contributed by atoms with Crippen LogP contribution in [-0.4, -0.2) is 107 Å². The average molecular weight is 940 g/mol. The fourth-order valence-corrected chi connectivity index (χ4v) is 9.79. The van der Waals surface area contributed by atoms with Gasteiger partial charge in [0.2, 0.25) is 5.91 Å². The molecular weight excluding hydrogens is 863 g/mol. The third kappa shape index (κ3) is 17.1. The molecule has 2 aliphatic rings. The average Bonchev–Trinajstić information content (AvgIpc) is 3.75. The molecule has 4 rings (SSSR count). The van der Waals surface area contributed by atoms with Gasteiger partial charge in [0.25, 0.3) is 13.4 Å². The first-order valence-electron chi connectivity index (χ1n) is 23.7. The summed E-state index contributed by atoms with van der Waals surface area (Å²) in [5.74, 6) is -0.891. The molecule has 0 bridgehead atoms. The number of methoxy groups -OCH3 is 2. The molecule has 0 radical (unpaired) electrons. The van der Waals surface area contributed by atoms with Crippen LogP contribution in [0.3, 0.4) is 0 Å². The summed E-state index contributed by atoms with van der Waals surface area (Å²) in [6, 6.07) is 2.61. The van der Waals surface area contributed by atoms with E-state index >= 15 is 0 Å². The Labute approximate surface area is 383 Å². The van der Waals surface area contributed by atoms with Crippen LogP contribution in [0.25, 0.3) is 0 Å². The molecule has 3 N–H and O–H groups in total. The van der Waals surface area contributed by atoms with Crippen molar-refractivity contribution < 1.29 is 47.0 Å². The van der Waals surface area contributed by atoms with E-state index in [-0.39, 0.29) is 43.9 Å². The Bertz CT molecular complexity index is 1940. The second-order valence-corrected chi connectivity index (χ2v) is 19.1. The lowest BCUT2D eigenvalue weighted by atomic mass is 9.93. The monoisotopic (exact) mass is 940 g/mol. The van der Waals surface area contributed by atoms with E-state index in [1.807, 2.05) is 13.8 Å². The van der Waals surface area contributed by atoms with Crippen LogP contribution in [0.5, 0.6) is 0 Å². The van der Waals surface area contributed by atoms with E-state index in [1.54, 1.807) is 4.90 Å². The molecule has 2 aromatic rings. The Morgan fingerprint density at radius 2 is 1.37 bits per heavy atom. The van der Waals surface area contributed by atoms with E-state index in [1.165, 1.54) is 115 Å². The minimum absolute atomic E-state index is 0.0444. The van der Waals surface area contributed by atoms with Crippen LogP contribution >= 0.6 is 7.82 Å². The molecule has 2 saturated heterocycles. The summed E-state index contributed by atoms with van der Waals surface area (Å²) in [6.45, 7) is 9.29. The van der Waals surface area contributed by atoms with Crippen molar-refractivity contribution >= 4 is 19.5 Å². The zero-order valence-electron chi connectivity index (χ0n) is 39.6. The Morgan fingerprint density at radius 1 is 0.815 bits per heavy atom. The number of anilines is 1. The Kier molecular flexibility index (Phi) is 23.0. The number of H-pyrrole nitrogens is 1. The largest absolute Gasteiger partial charge is 0.756 e. The summed E-state index contributed by atoms with van der Waals surface area (Å²) in [4.78, 5) is 73.8. The number of phosphoric ester groups is 1. The van der Waals surface area contributed by atoms with Gasteiger partial charge in [0.15, 0.2) is 12.5 Å². The highest BCUT2D eigenvalue weighted by Crippen LogP contribution is 2.47. The zero-order valence-corrected chi connectivity index (χ0v) is 40.5. The first kappa shape index (κ1) is 54.3. The molecule has 2 aliphatic heterocycles. The summed E-state index contributed by atoms with van der Waals surface area (Å²) in [7, 11) is -2.20. The third-order valence-corrected chi connectivity index (χ3v) is 13.1. The quantitative estimate of drug-likeness (QED) is 0.0690. The number of amides is 1. The van der Waals surface area contributed by atoms with Crippen LogP contribution < -0.4 is 27.6 Å². The number of aromatic nitrogens is 4. The fourth-order valence-electron chi connectivity index (χ4n) is 8.67. The molecular formula is C45H76N6O13P-. The molecule has 19 nitrogen and oxygen atoms in total. The van der Waals surface area contributed by atoms with Gasteiger partial charge in [-0.05, 0) is 40.2 Å². The summed E-state index contributed by atoms with van der Waals surface area (Å²) < 4.78 is 56.9. The maximum absolute atomic E-state index is 14.8. The van der Waals surface area contributed by atoms with Gasteiger partial charge in [-0.1, -0.05) is 96.8 Å². The first-order valence-corrected chi connectivity index (χ1v) is 25.1. The van der Waals surface area contributed by atoms with E-state index in [0.717, 1.165) is 36.3 Å². The standard InChI is InChI=1S/C45H77N6O13P/c1-8-9-10-11-12-13-14-15-16-17-18-19-20-21-22-25-49(38(53)28-33-35(30-60-31(2)3)62-42(39(33)58-6)50-26-23-36(46)47-44(50)54)29-34-40(64-65(56,57)63-32(4)5)41(59-7)43(61-34)51-27-24-37(52)48-45(51)55/h23-24,26-27,31-35,39-43H,8-22,25,28-30H2,1-7H3,(H,56,57)(H2,46,47,54)(H,48,52,55)/p-1/t33?,34-,35-,39?,40?,41?,42-,43-/m1/s1. The number of ether oxygens (including phenoxy) is 5. The zero-order chi connectivity index (χ0) is 47.5. The Hall–Kier alpha value is -3.26. The molecule has 1 amide bonds. The van der Waals surface area contributed by atoms with Gasteiger partial charge in [-0.3, -0.25) is 28.3 Å². The van der Waals surface area contributed by atoms with Crippen molar-refractivity contribution in [3.05, 3.63) is 55.8 Å². The van der Waals surface area contributed by atoms with Gasteiger partial charge in [-0.25, -0.2) is 9.59 Å². The molecule has 0 saturated carbocycles. The van der Waals surface area contributed by atoms with Crippen LogP contribution in [0.15, 0.2) is 38.9 Å². The molecule has 2 fully saturated rings. The molecule has 9 atom stereocenters. The van der Waals surface area contributed by atoms with Crippen LogP contribution in [0.2, 0.25) is 0 Å². The van der Waals surface area contributed by atoms with Gasteiger partial charge in [-0.15, -0.1) is 0 Å². The minimum Gasteiger partial charge on any atom is -0.756 e. The van der Waals surface area contributed by atoms with E-state index in [9.17, 15) is 28.6 Å². The second-order valence-electron chi connectivity index (χ2n) is 17.8. The molecule has 4 heterocycles. The van der Waals surface area contributed by atoms with Crippen molar-refractivity contribution in [2.24, 2.45) is 5.92 Å². The van der Waals surface area contributed by atoms with Crippen molar-refractivity contribution in [1.29, 1.82) is 0 Å². The summed E-state index contributed by atoms with van der Waals surface area (Å²) >= 11 is 0. The first-order chi connectivity index (χ1) is 31.1. The van der Waals surface area contributed by atoms with Gasteiger partial charge < -0.3 is 48.3 Å². The number of nitrogen functional groups attached to an aromatic ring is 1. The summed E-state index contributed by atoms with van der Waals surface area (Å²) in [5.41, 5.74) is 3.68. The number of nitrogens with two attached hydrogens (primary N) is 1. The van der Waals surface area contributed by atoms with Crippen LogP contribution in [0, 0.1) is 5.92 Å². The fraction of sp³-hybridized carbons (Fsp3) is 0.800. The van der Waals surface area contributed by atoms with E-state index in [4.69, 9.17) is 38.5 Å². The number of carbonyl (C=O) groups is 1. The van der Waals surface area contributed by atoms with Crippen molar-refractivity contribution in [3.63, 3.8) is 0 Å². The number of rotatable bonds is 31. The number of nitrogens with zero attached hydrogens (tertiary/aromatic N) is 4. The molecule has 370 valence electrons. The lowest BCUT2D eigenvalue weighted by molar-refractivity contribution is -0.236. The topological polar surface area (TPSA) is 241 Å². The molecule has 0 aliphatic carbocycles. The maximum atomic E-state index is 14.8. The van der Waals surface area contributed by atoms with Crippen molar-refractivity contribution in [2.75, 3.05) is 39.6 Å². The predicted octanol–water partition coefficient (Wildman–Crippen LogP) is 5.61. The molecule has 5 unspecified atom stereocenters. The van der Waals surface area contributed by atoms with Gasteiger partial charge in [0.05, 0.1) is 24.9 Å². The number of carbonyl (C=O) groups excluding carboxylic acids is 1. The van der Waals surface area contributed by atoms with Gasteiger partial charge in [0.1, 0.15) is 30.2 Å². The number of phosphoric acid groups is 1. The van der Waals surface area contributed by atoms with Gasteiger partial charge in [0, 0.05) is 58.1 Å². The molecule has 65 heavy (non-hydrogen) atoms. The van der Waals surface area contributed by atoms with Gasteiger partial charge >= 0.3 is 11.4 Å². The lowest BCUT2D eigenvalue weighted by Gasteiger charge is -2.34. The van der Waals surface area contributed by atoms with Crippen molar-refractivity contribution in [3.8, 4) is 0 Å². The van der Waals surface area contributed by atoms with Crippen molar-refractivity contribution in [2.45, 2.75) is 193 Å². The smallest absolute Gasteiger partial charge is 0.351 e. The highest BCUT2D eigenvalue weighted by Gasteiger charge is 2.51. The number of hydrogen-bond donors (Lipinski definition) is 2. The van der Waals surface area contributed by atoms with Crippen LogP contribution in [0.4, 0.5) is 5.82 Å². The highest BCUT2D eigenvalue weighted by molar-refractivity contribution is 7.45. The minimum atomic E-state index is -4.99. The Balaban J connectivity index is 1.55. The summed E-state index contributed by atoms with van der Waals surface area (Å²) in [6.07, 6.45) is 11.8. The normalized spacial score (nSPS) is 24.3. The summed E-state index contributed by atoms with van der Waals surface area (Å²) in [5, 5.41) is 0. The van der Waals surface area contributed by atoms with Crippen LogP contribution in [0.1, 0.15) is 150 Å². The SMILES string of the molecule is CCCCCCCCCCCCCCCCCN(C[C@H]1O[C@@H](n2ccc(=O)[nH]c2=O)C(OC)C1OP(=O)([O-])OC(C)C)C(=O)CC1C(OC)[C@H](n2ccc(N)nc2=O)O[C@@H]1COC(C)C. The van der Waals surface area contributed by atoms with E-state index < -0.39 is 79.8 Å². The van der Waals surface area contributed by atoms with E-state index in [2.05, 4.69) is 16.9 Å².